The Bertz CT molecular complexity index is 263. The van der Waals surface area contributed by atoms with Crippen molar-refractivity contribution in [1.82, 2.24) is 0 Å². The molecular weight excluding hydrogens is 188 g/mol. The van der Waals surface area contributed by atoms with Gasteiger partial charge < -0.3 is 9.47 Å². The molecule has 0 spiro atoms. The summed E-state index contributed by atoms with van der Waals surface area (Å²) in [5.74, 6) is 0.489. The molecule has 1 fully saturated rings. The highest BCUT2D eigenvalue weighted by atomic mass is 35.5. The van der Waals surface area contributed by atoms with E-state index in [1.165, 1.54) is 0 Å². The van der Waals surface area contributed by atoms with Crippen LogP contribution in [-0.4, -0.2) is 18.6 Å². The van der Waals surface area contributed by atoms with Gasteiger partial charge in [-0.05, 0) is 0 Å². The maximum Gasteiger partial charge on any atom is 0.184 e. The molecule has 70 valence electrons. The van der Waals surface area contributed by atoms with Crippen LogP contribution in [-0.2, 0) is 9.47 Å². The Balaban J connectivity index is 2.04. The first kappa shape index (κ1) is 9.00. The SMILES string of the molecule is ClCC1COC(c2ccccc2)O1. The van der Waals surface area contributed by atoms with Crippen LogP contribution in [0.1, 0.15) is 11.9 Å². The zero-order chi connectivity index (χ0) is 9.10. The number of rotatable bonds is 2. The second kappa shape index (κ2) is 4.09. The minimum absolute atomic E-state index is 0.0341. The first-order valence-electron chi connectivity index (χ1n) is 4.28. The second-order valence-corrected chi connectivity index (χ2v) is 3.30. The Labute approximate surface area is 82.4 Å². The van der Waals surface area contributed by atoms with Gasteiger partial charge in [-0.2, -0.15) is 0 Å². The second-order valence-electron chi connectivity index (χ2n) is 2.99. The van der Waals surface area contributed by atoms with E-state index < -0.39 is 0 Å². The predicted molar refractivity (Wildman–Crippen MR) is 50.7 cm³/mol. The normalized spacial score (nSPS) is 27.8. The largest absolute Gasteiger partial charge is 0.346 e. The summed E-state index contributed by atoms with van der Waals surface area (Å²) in [6.07, 6.45) is -0.197. The van der Waals surface area contributed by atoms with E-state index in [9.17, 15) is 0 Å². The Hall–Kier alpha value is -0.570. The van der Waals surface area contributed by atoms with Crippen LogP contribution in [0.5, 0.6) is 0 Å². The minimum Gasteiger partial charge on any atom is -0.346 e. The standard InChI is InChI=1S/C10H11ClO2/c11-6-9-7-12-10(13-9)8-4-2-1-3-5-8/h1-5,9-10H,6-7H2. The highest BCUT2D eigenvalue weighted by Crippen LogP contribution is 2.26. The van der Waals surface area contributed by atoms with Crippen molar-refractivity contribution in [1.29, 1.82) is 0 Å². The topological polar surface area (TPSA) is 18.5 Å². The molecule has 0 saturated carbocycles. The molecule has 0 amide bonds. The molecule has 3 heteroatoms. The number of ether oxygens (including phenoxy) is 2. The van der Waals surface area contributed by atoms with E-state index in [1.54, 1.807) is 0 Å². The van der Waals surface area contributed by atoms with Crippen LogP contribution in [0.15, 0.2) is 30.3 Å². The first-order chi connectivity index (χ1) is 6.40. The lowest BCUT2D eigenvalue weighted by atomic mass is 10.2. The van der Waals surface area contributed by atoms with Crippen LogP contribution < -0.4 is 0 Å². The van der Waals surface area contributed by atoms with Gasteiger partial charge in [0.1, 0.15) is 0 Å². The van der Waals surface area contributed by atoms with Gasteiger partial charge in [-0.25, -0.2) is 0 Å². The highest BCUT2D eigenvalue weighted by Gasteiger charge is 2.26. The van der Waals surface area contributed by atoms with E-state index in [0.717, 1.165) is 5.56 Å². The summed E-state index contributed by atoms with van der Waals surface area (Å²) >= 11 is 5.66. The van der Waals surface area contributed by atoms with E-state index in [-0.39, 0.29) is 12.4 Å². The van der Waals surface area contributed by atoms with Crippen LogP contribution in [0.25, 0.3) is 0 Å². The van der Waals surface area contributed by atoms with Crippen molar-refractivity contribution in [2.75, 3.05) is 12.5 Å². The van der Waals surface area contributed by atoms with Crippen LogP contribution in [0.2, 0.25) is 0 Å². The fraction of sp³-hybridized carbons (Fsp3) is 0.400. The van der Waals surface area contributed by atoms with E-state index in [0.29, 0.717) is 12.5 Å². The minimum atomic E-state index is -0.232. The molecule has 1 saturated heterocycles. The highest BCUT2D eigenvalue weighted by molar-refractivity contribution is 6.18. The molecule has 0 radical (unpaired) electrons. The molecule has 1 aliphatic rings. The summed E-state index contributed by atoms with van der Waals surface area (Å²) in [6.45, 7) is 0.586. The van der Waals surface area contributed by atoms with Crippen molar-refractivity contribution >= 4 is 11.6 Å². The Morgan fingerprint density at radius 3 is 2.69 bits per heavy atom. The predicted octanol–water partition coefficient (Wildman–Crippen LogP) is 2.34. The smallest absolute Gasteiger partial charge is 0.184 e. The van der Waals surface area contributed by atoms with Gasteiger partial charge >= 0.3 is 0 Å². The van der Waals surface area contributed by atoms with E-state index in [2.05, 4.69) is 0 Å². The summed E-state index contributed by atoms with van der Waals surface area (Å²) in [5.41, 5.74) is 1.05. The molecule has 2 atom stereocenters. The maximum atomic E-state index is 5.66. The molecule has 13 heavy (non-hydrogen) atoms. The Morgan fingerprint density at radius 2 is 2.08 bits per heavy atom. The fourth-order valence-electron chi connectivity index (χ4n) is 1.31. The summed E-state index contributed by atoms with van der Waals surface area (Å²) in [5, 5.41) is 0. The summed E-state index contributed by atoms with van der Waals surface area (Å²) < 4.78 is 11.0. The molecule has 2 unspecified atom stereocenters. The number of alkyl halides is 1. The van der Waals surface area contributed by atoms with Crippen LogP contribution in [0.3, 0.4) is 0 Å². The van der Waals surface area contributed by atoms with Crippen molar-refractivity contribution in [3.8, 4) is 0 Å². The molecule has 2 nitrogen and oxygen atoms in total. The summed E-state index contributed by atoms with van der Waals surface area (Å²) in [7, 11) is 0. The third kappa shape index (κ3) is 2.02. The average Bonchev–Trinajstić information content (AvgIpc) is 2.67. The van der Waals surface area contributed by atoms with Gasteiger partial charge in [0.25, 0.3) is 0 Å². The lowest BCUT2D eigenvalue weighted by Gasteiger charge is -2.09. The van der Waals surface area contributed by atoms with E-state index in [1.807, 2.05) is 30.3 Å². The number of hydrogen-bond acceptors (Lipinski definition) is 2. The lowest BCUT2D eigenvalue weighted by Crippen LogP contribution is -2.10. The third-order valence-corrected chi connectivity index (χ3v) is 2.34. The van der Waals surface area contributed by atoms with Crippen molar-refractivity contribution in [2.45, 2.75) is 12.4 Å². The summed E-state index contributed by atoms with van der Waals surface area (Å²) in [4.78, 5) is 0. The fourth-order valence-corrected chi connectivity index (χ4v) is 1.48. The van der Waals surface area contributed by atoms with Gasteiger partial charge in [0.05, 0.1) is 18.6 Å². The van der Waals surface area contributed by atoms with Crippen LogP contribution in [0, 0.1) is 0 Å². The van der Waals surface area contributed by atoms with Crippen molar-refractivity contribution in [3.05, 3.63) is 35.9 Å². The van der Waals surface area contributed by atoms with Gasteiger partial charge in [0, 0.05) is 5.56 Å². The maximum absolute atomic E-state index is 5.66. The lowest BCUT2D eigenvalue weighted by molar-refractivity contribution is -0.0567. The molecule has 0 N–H and O–H groups in total. The molecule has 1 aliphatic heterocycles. The quantitative estimate of drug-likeness (QED) is 0.680. The van der Waals surface area contributed by atoms with E-state index >= 15 is 0 Å². The molecule has 0 aromatic heterocycles. The molecule has 1 heterocycles. The molecule has 0 aliphatic carbocycles. The number of halogens is 1. The third-order valence-electron chi connectivity index (χ3n) is 1.99. The Kier molecular flexibility index (Phi) is 2.83. The van der Waals surface area contributed by atoms with Crippen molar-refractivity contribution in [2.24, 2.45) is 0 Å². The van der Waals surface area contributed by atoms with Gasteiger partial charge in [-0.1, -0.05) is 30.3 Å². The average molecular weight is 199 g/mol. The number of hydrogen-bond donors (Lipinski definition) is 0. The van der Waals surface area contributed by atoms with Crippen molar-refractivity contribution < 1.29 is 9.47 Å². The Morgan fingerprint density at radius 1 is 1.31 bits per heavy atom. The first-order valence-corrected chi connectivity index (χ1v) is 4.81. The van der Waals surface area contributed by atoms with Gasteiger partial charge in [-0.3, -0.25) is 0 Å². The van der Waals surface area contributed by atoms with Crippen LogP contribution in [0.4, 0.5) is 0 Å². The zero-order valence-electron chi connectivity index (χ0n) is 7.15. The number of benzene rings is 1. The molecular formula is C10H11ClO2. The van der Waals surface area contributed by atoms with Crippen LogP contribution >= 0.6 is 11.6 Å². The zero-order valence-corrected chi connectivity index (χ0v) is 7.91. The monoisotopic (exact) mass is 198 g/mol. The van der Waals surface area contributed by atoms with Crippen molar-refractivity contribution in [3.63, 3.8) is 0 Å². The molecule has 1 aromatic carbocycles. The summed E-state index contributed by atoms with van der Waals surface area (Å²) in [6, 6.07) is 9.88. The molecule has 1 aromatic rings. The van der Waals surface area contributed by atoms with Gasteiger partial charge in [0.15, 0.2) is 6.29 Å². The van der Waals surface area contributed by atoms with Gasteiger partial charge in [0.2, 0.25) is 0 Å². The van der Waals surface area contributed by atoms with Gasteiger partial charge in [-0.15, -0.1) is 11.6 Å². The molecule has 0 bridgehead atoms. The molecule has 2 rings (SSSR count). The van der Waals surface area contributed by atoms with E-state index in [4.69, 9.17) is 21.1 Å².